The summed E-state index contributed by atoms with van der Waals surface area (Å²) in [4.78, 5) is 0. The Morgan fingerprint density at radius 1 is 0.667 bits per heavy atom. The molecule has 205 valence electrons. The molecule has 0 saturated carbocycles. The van der Waals surface area contributed by atoms with E-state index in [2.05, 4.69) is 147 Å². The molecule has 2 aliphatic rings. The molecule has 3 heteroatoms. The average Bonchev–Trinajstić information content (AvgIpc) is 3.63. The van der Waals surface area contributed by atoms with E-state index in [1.807, 2.05) is 0 Å². The number of halogens is 2. The Morgan fingerprint density at radius 2 is 1.29 bits per heavy atom. The van der Waals surface area contributed by atoms with Gasteiger partial charge in [-0.3, -0.25) is 0 Å². The minimum Gasteiger partial charge on any atom is -1.00 e. The van der Waals surface area contributed by atoms with E-state index >= 15 is 0 Å². The minimum atomic E-state index is -1.19. The molecule has 7 rings (SSSR count). The van der Waals surface area contributed by atoms with Crippen LogP contribution in [0.4, 0.5) is 0 Å². The van der Waals surface area contributed by atoms with Crippen LogP contribution in [0.2, 0.25) is 0 Å². The standard InChI is InChI=1S/C26H21.C13H10.2ClH.Zr/c1-17-12-13-22-21(14-17)15-25-24(22)16-23(19-8-4-3-5-9-19)18(2)26(25)20-10-6-7-11-20;1-3-7-12(8-4-1)11-13-9-5-2-6-10-13;;;/h3-10,12-16H,11H2,1-2H3;1-10H;2*1H;/q;;;;+2/p-2. The summed E-state index contributed by atoms with van der Waals surface area (Å²) in [5, 5.41) is 0. The predicted octanol–water partition coefficient (Wildman–Crippen LogP) is 3.74. The second-order valence-electron chi connectivity index (χ2n) is 10.9. The number of benzene rings is 5. The Hall–Kier alpha value is -3.09. The Morgan fingerprint density at radius 3 is 1.88 bits per heavy atom. The van der Waals surface area contributed by atoms with Crippen molar-refractivity contribution < 1.29 is 47.6 Å². The van der Waals surface area contributed by atoms with Crippen LogP contribution in [0.25, 0.3) is 27.8 Å². The van der Waals surface area contributed by atoms with Gasteiger partial charge in [0.1, 0.15) is 0 Å². The summed E-state index contributed by atoms with van der Waals surface area (Å²) < 4.78 is 2.02. The van der Waals surface area contributed by atoms with Crippen molar-refractivity contribution in [2.45, 2.75) is 23.9 Å². The van der Waals surface area contributed by atoms with Crippen molar-refractivity contribution in [2.75, 3.05) is 0 Å². The number of fused-ring (bicyclic) bond motifs is 3. The Labute approximate surface area is 273 Å². The summed E-state index contributed by atoms with van der Waals surface area (Å²) in [5.74, 6) is 0. The molecule has 5 aromatic rings. The van der Waals surface area contributed by atoms with Gasteiger partial charge in [0.25, 0.3) is 0 Å². The second kappa shape index (κ2) is 13.1. The van der Waals surface area contributed by atoms with Gasteiger partial charge in [0.2, 0.25) is 0 Å². The fraction of sp³-hybridized carbons (Fsp3) is 0.103. The van der Waals surface area contributed by atoms with Crippen LogP contribution in [-0.2, 0) is 22.8 Å². The van der Waals surface area contributed by atoms with Crippen molar-refractivity contribution >= 4 is 8.78 Å². The van der Waals surface area contributed by atoms with Crippen LogP contribution in [0.5, 0.6) is 0 Å². The van der Waals surface area contributed by atoms with Gasteiger partial charge in [0.15, 0.2) is 0 Å². The summed E-state index contributed by atoms with van der Waals surface area (Å²) >= 11 is -1.19. The van der Waals surface area contributed by atoms with Gasteiger partial charge in [-0.2, -0.15) is 0 Å². The topological polar surface area (TPSA) is 0 Å². The van der Waals surface area contributed by atoms with E-state index in [1.54, 1.807) is 8.77 Å². The van der Waals surface area contributed by atoms with E-state index in [1.165, 1.54) is 61.2 Å². The average molecular weight is 662 g/mol. The third kappa shape index (κ3) is 5.51. The molecular formula is C39H31Cl2Zr. The number of aryl methyl sites for hydroxylation is 1. The van der Waals surface area contributed by atoms with E-state index < -0.39 is 22.8 Å². The van der Waals surface area contributed by atoms with Crippen molar-refractivity contribution in [3.8, 4) is 22.3 Å². The minimum absolute atomic E-state index is 0. The first-order chi connectivity index (χ1) is 19.7. The van der Waals surface area contributed by atoms with E-state index in [0.29, 0.717) is 3.63 Å². The maximum Gasteiger partial charge on any atom is -1.00 e. The van der Waals surface area contributed by atoms with Gasteiger partial charge in [-0.05, 0) is 0 Å². The van der Waals surface area contributed by atoms with Gasteiger partial charge in [-0.25, -0.2) is 0 Å². The normalized spacial score (nSPS) is 14.1. The molecule has 0 amide bonds. The fourth-order valence-electron chi connectivity index (χ4n) is 6.45. The molecule has 2 aliphatic carbocycles. The Kier molecular flexibility index (Phi) is 9.44. The summed E-state index contributed by atoms with van der Waals surface area (Å²) in [5.41, 5.74) is 17.1. The molecule has 0 heterocycles. The number of hydrogen-bond donors (Lipinski definition) is 0. The first kappa shape index (κ1) is 30.4. The summed E-state index contributed by atoms with van der Waals surface area (Å²) in [6.45, 7) is 4.60. The molecule has 0 N–H and O–H groups in total. The van der Waals surface area contributed by atoms with Crippen molar-refractivity contribution in [2.24, 2.45) is 0 Å². The zero-order valence-corrected chi connectivity index (χ0v) is 27.7. The monoisotopic (exact) mass is 659 g/mol. The smallest absolute Gasteiger partial charge is 1.00 e. The van der Waals surface area contributed by atoms with Gasteiger partial charge in [-0.1, -0.05) is 0 Å². The quantitative estimate of drug-likeness (QED) is 0.270. The SMILES string of the molecule is Cc1ccc2c(c1)[CH]([Zr+2]=[C](c1ccccc1)c1ccccc1)c1c-2cc(-c2ccccc2)c(C)c1C1=CC=CC1.[Cl-].[Cl-]. The van der Waals surface area contributed by atoms with Crippen LogP contribution in [0.15, 0.2) is 133 Å². The third-order valence-corrected chi connectivity index (χ3v) is 12.6. The van der Waals surface area contributed by atoms with Crippen LogP contribution >= 0.6 is 0 Å². The molecule has 0 aliphatic heterocycles. The third-order valence-electron chi connectivity index (χ3n) is 8.31. The maximum absolute atomic E-state index is 2.50. The van der Waals surface area contributed by atoms with E-state index in [0.717, 1.165) is 6.42 Å². The van der Waals surface area contributed by atoms with Crippen molar-refractivity contribution in [3.63, 3.8) is 0 Å². The fourth-order valence-corrected chi connectivity index (χ4v) is 10.9. The summed E-state index contributed by atoms with van der Waals surface area (Å²) in [6.07, 6.45) is 7.91. The maximum atomic E-state index is 2.50. The van der Waals surface area contributed by atoms with E-state index in [9.17, 15) is 0 Å². The molecule has 0 nitrogen and oxygen atoms in total. The first-order valence-corrected chi connectivity index (χ1v) is 16.8. The second-order valence-corrected chi connectivity index (χ2v) is 14.2. The largest absolute Gasteiger partial charge is 1.00 e. The predicted molar refractivity (Wildman–Crippen MR) is 166 cm³/mol. The zero-order chi connectivity index (χ0) is 27.1. The number of allylic oxidation sites excluding steroid dienone is 4. The number of rotatable bonds is 5. The Bertz CT molecular complexity index is 1780. The Balaban J connectivity index is 0.00000176. The van der Waals surface area contributed by atoms with Crippen LogP contribution in [0.3, 0.4) is 0 Å². The molecule has 1 atom stereocenters. The van der Waals surface area contributed by atoms with Crippen LogP contribution < -0.4 is 24.8 Å². The summed E-state index contributed by atoms with van der Waals surface area (Å²) in [6, 6.07) is 42.9. The molecular weight excluding hydrogens is 631 g/mol. The zero-order valence-electron chi connectivity index (χ0n) is 23.7. The molecule has 1 unspecified atom stereocenters. The van der Waals surface area contributed by atoms with Gasteiger partial charge in [0.05, 0.1) is 0 Å². The molecule has 0 saturated heterocycles. The van der Waals surface area contributed by atoms with Gasteiger partial charge in [-0.15, -0.1) is 0 Å². The van der Waals surface area contributed by atoms with Crippen LogP contribution in [0.1, 0.15) is 49.0 Å². The summed E-state index contributed by atoms with van der Waals surface area (Å²) in [7, 11) is 0. The van der Waals surface area contributed by atoms with E-state index in [-0.39, 0.29) is 24.8 Å². The van der Waals surface area contributed by atoms with Crippen molar-refractivity contribution in [1.29, 1.82) is 0 Å². The molecule has 5 aromatic carbocycles. The first-order valence-electron chi connectivity index (χ1n) is 14.1. The number of hydrogen-bond acceptors (Lipinski definition) is 0. The molecule has 0 aromatic heterocycles. The van der Waals surface area contributed by atoms with Crippen LogP contribution in [-0.4, -0.2) is 3.21 Å². The molecule has 0 bridgehead atoms. The van der Waals surface area contributed by atoms with Crippen molar-refractivity contribution in [1.82, 2.24) is 0 Å². The van der Waals surface area contributed by atoms with Crippen molar-refractivity contribution in [3.05, 3.63) is 172 Å². The molecule has 0 radical (unpaired) electrons. The van der Waals surface area contributed by atoms with E-state index in [4.69, 9.17) is 0 Å². The molecule has 0 spiro atoms. The van der Waals surface area contributed by atoms with Gasteiger partial charge < -0.3 is 24.8 Å². The van der Waals surface area contributed by atoms with Gasteiger partial charge in [0, 0.05) is 0 Å². The molecule has 0 fully saturated rings. The molecule has 42 heavy (non-hydrogen) atoms. The van der Waals surface area contributed by atoms with Crippen LogP contribution in [0, 0.1) is 13.8 Å². The van der Waals surface area contributed by atoms with Gasteiger partial charge >= 0.3 is 250 Å².